The van der Waals surface area contributed by atoms with Gasteiger partial charge in [0.25, 0.3) is 0 Å². The fourth-order valence-electron chi connectivity index (χ4n) is 2.29. The van der Waals surface area contributed by atoms with E-state index in [2.05, 4.69) is 50.1 Å². The Labute approximate surface area is 121 Å². The van der Waals surface area contributed by atoms with E-state index < -0.39 is 6.10 Å². The first-order valence-corrected chi connectivity index (χ1v) is 7.77. The smallest absolute Gasteiger partial charge is 0.0954 e. The van der Waals surface area contributed by atoms with Crippen LogP contribution in [0.3, 0.4) is 0 Å². The van der Waals surface area contributed by atoms with Crippen molar-refractivity contribution in [2.24, 2.45) is 0 Å². The molecule has 1 heterocycles. The Morgan fingerprint density at radius 2 is 2.06 bits per heavy atom. The summed E-state index contributed by atoms with van der Waals surface area (Å²) in [5.74, 6) is 0.253. The molecule has 1 N–H and O–H groups in total. The molecule has 1 aliphatic rings. The molecule has 88 valence electrons. The quantitative estimate of drug-likeness (QED) is 0.812. The van der Waals surface area contributed by atoms with E-state index in [9.17, 15) is 5.11 Å². The molecular weight excluding hydrogens is 364 g/mol. The van der Waals surface area contributed by atoms with E-state index in [1.54, 1.807) is 11.3 Å². The molecule has 0 saturated carbocycles. The minimum Gasteiger partial charge on any atom is -0.387 e. The summed E-state index contributed by atoms with van der Waals surface area (Å²) in [5.41, 5.74) is 2.66. The highest BCUT2D eigenvalue weighted by Gasteiger charge is 2.33. The third-order valence-electron chi connectivity index (χ3n) is 3.23. The van der Waals surface area contributed by atoms with Crippen LogP contribution in [-0.2, 0) is 6.42 Å². The zero-order chi connectivity index (χ0) is 12.0. The summed E-state index contributed by atoms with van der Waals surface area (Å²) in [7, 11) is 0. The van der Waals surface area contributed by atoms with Crippen molar-refractivity contribution in [1.82, 2.24) is 0 Å². The van der Waals surface area contributed by atoms with Crippen LogP contribution in [0.5, 0.6) is 0 Å². The van der Waals surface area contributed by atoms with Crippen molar-refractivity contribution >= 4 is 43.2 Å². The summed E-state index contributed by atoms with van der Waals surface area (Å²) in [5, 5.41) is 10.4. The first-order valence-electron chi connectivity index (χ1n) is 5.37. The topological polar surface area (TPSA) is 20.2 Å². The minimum absolute atomic E-state index is 0.253. The van der Waals surface area contributed by atoms with Gasteiger partial charge in [0, 0.05) is 15.3 Å². The fourth-order valence-corrected chi connectivity index (χ4v) is 4.43. The van der Waals surface area contributed by atoms with E-state index in [1.165, 1.54) is 11.1 Å². The predicted octanol–water partition coefficient (Wildman–Crippen LogP) is 4.65. The molecule has 1 aromatic heterocycles. The molecule has 0 amide bonds. The van der Waals surface area contributed by atoms with Crippen molar-refractivity contribution in [3.8, 4) is 0 Å². The van der Waals surface area contributed by atoms with Gasteiger partial charge in [0.05, 0.1) is 9.89 Å². The first-order chi connectivity index (χ1) is 8.16. The molecule has 2 aromatic rings. The SMILES string of the molecule is OC(c1cc(Br)c(Br)s1)C1Cc2ccccc21. The second-order valence-corrected chi connectivity index (χ2v) is 7.48. The summed E-state index contributed by atoms with van der Waals surface area (Å²) in [6.07, 6.45) is 0.585. The molecule has 1 aromatic carbocycles. The molecular formula is C13H10Br2OS. The largest absolute Gasteiger partial charge is 0.387 e. The van der Waals surface area contributed by atoms with Crippen molar-refractivity contribution < 1.29 is 5.11 Å². The summed E-state index contributed by atoms with van der Waals surface area (Å²) in [4.78, 5) is 1.02. The van der Waals surface area contributed by atoms with Crippen LogP contribution in [0.1, 0.15) is 28.0 Å². The van der Waals surface area contributed by atoms with Gasteiger partial charge in [-0.3, -0.25) is 0 Å². The van der Waals surface area contributed by atoms with Crippen LogP contribution in [0.25, 0.3) is 0 Å². The maximum atomic E-state index is 10.4. The van der Waals surface area contributed by atoms with E-state index in [-0.39, 0.29) is 5.92 Å². The number of thiophene rings is 1. The second-order valence-electron chi connectivity index (χ2n) is 4.22. The highest BCUT2D eigenvalue weighted by molar-refractivity contribution is 9.13. The van der Waals surface area contributed by atoms with E-state index in [0.717, 1.165) is 19.6 Å². The number of hydrogen-bond acceptors (Lipinski definition) is 2. The highest BCUT2D eigenvalue weighted by Crippen LogP contribution is 2.46. The van der Waals surface area contributed by atoms with Crippen molar-refractivity contribution in [3.63, 3.8) is 0 Å². The van der Waals surface area contributed by atoms with Gasteiger partial charge < -0.3 is 5.11 Å². The molecule has 2 atom stereocenters. The van der Waals surface area contributed by atoms with Gasteiger partial charge in [0.15, 0.2) is 0 Å². The lowest BCUT2D eigenvalue weighted by atomic mass is 9.74. The lowest BCUT2D eigenvalue weighted by Crippen LogP contribution is -2.22. The van der Waals surface area contributed by atoms with Gasteiger partial charge in [-0.1, -0.05) is 24.3 Å². The zero-order valence-corrected chi connectivity index (χ0v) is 12.8. The number of halogens is 2. The molecule has 3 rings (SSSR count). The summed E-state index contributed by atoms with van der Waals surface area (Å²) in [6, 6.07) is 10.3. The number of rotatable bonds is 2. The lowest BCUT2D eigenvalue weighted by molar-refractivity contribution is 0.138. The van der Waals surface area contributed by atoms with Gasteiger partial charge in [0.1, 0.15) is 0 Å². The van der Waals surface area contributed by atoms with E-state index >= 15 is 0 Å². The van der Waals surface area contributed by atoms with Crippen molar-refractivity contribution in [2.45, 2.75) is 18.4 Å². The number of aliphatic hydroxyl groups is 1. The third kappa shape index (κ3) is 2.01. The van der Waals surface area contributed by atoms with Gasteiger partial charge in [-0.05, 0) is 55.5 Å². The van der Waals surface area contributed by atoms with Gasteiger partial charge >= 0.3 is 0 Å². The number of hydrogen-bond donors (Lipinski definition) is 1. The molecule has 1 aliphatic carbocycles. The minimum atomic E-state index is -0.391. The van der Waals surface area contributed by atoms with Crippen molar-refractivity contribution in [1.29, 1.82) is 0 Å². The normalized spacial score (nSPS) is 19.6. The molecule has 0 spiro atoms. The molecule has 0 radical (unpaired) electrons. The Bertz CT molecular complexity index is 545. The highest BCUT2D eigenvalue weighted by atomic mass is 79.9. The summed E-state index contributed by atoms with van der Waals surface area (Å²) in [6.45, 7) is 0. The van der Waals surface area contributed by atoms with Crippen LogP contribution in [0.4, 0.5) is 0 Å². The van der Waals surface area contributed by atoms with Crippen LogP contribution < -0.4 is 0 Å². The van der Waals surface area contributed by atoms with Gasteiger partial charge in [-0.2, -0.15) is 0 Å². The Hall–Kier alpha value is -0.160. The molecule has 2 unspecified atom stereocenters. The third-order valence-corrected chi connectivity index (χ3v) is 6.56. The number of aliphatic hydroxyl groups excluding tert-OH is 1. The average molecular weight is 374 g/mol. The van der Waals surface area contributed by atoms with Crippen molar-refractivity contribution in [3.05, 3.63) is 54.6 Å². The van der Waals surface area contributed by atoms with Crippen LogP contribution >= 0.6 is 43.2 Å². The summed E-state index contributed by atoms with van der Waals surface area (Å²) >= 11 is 8.52. The Kier molecular flexibility index (Phi) is 3.15. The standard InChI is InChI=1S/C13H10Br2OS/c14-10-6-11(17-13(10)15)12(16)9-5-7-3-1-2-4-8(7)9/h1-4,6,9,12,16H,5H2. The van der Waals surface area contributed by atoms with Gasteiger partial charge in [-0.15, -0.1) is 11.3 Å². The maximum absolute atomic E-state index is 10.4. The van der Waals surface area contributed by atoms with Crippen LogP contribution in [-0.4, -0.2) is 5.11 Å². The zero-order valence-electron chi connectivity index (χ0n) is 8.86. The lowest BCUT2D eigenvalue weighted by Gasteiger charge is -2.33. The predicted molar refractivity (Wildman–Crippen MR) is 77.6 cm³/mol. The van der Waals surface area contributed by atoms with E-state index in [1.807, 2.05) is 12.1 Å². The fraction of sp³-hybridized carbons (Fsp3) is 0.231. The second kappa shape index (κ2) is 4.50. The van der Waals surface area contributed by atoms with Crippen molar-refractivity contribution in [2.75, 3.05) is 0 Å². The molecule has 0 aliphatic heterocycles. The Balaban J connectivity index is 1.88. The summed E-state index contributed by atoms with van der Waals surface area (Å²) < 4.78 is 2.06. The molecule has 4 heteroatoms. The Morgan fingerprint density at radius 1 is 1.29 bits per heavy atom. The molecule has 0 fully saturated rings. The number of benzene rings is 1. The van der Waals surface area contributed by atoms with Crippen LogP contribution in [0, 0.1) is 0 Å². The van der Waals surface area contributed by atoms with Gasteiger partial charge in [-0.25, -0.2) is 0 Å². The molecule has 0 saturated heterocycles. The first kappa shape index (κ1) is 11.9. The molecule has 17 heavy (non-hydrogen) atoms. The van der Waals surface area contributed by atoms with E-state index in [0.29, 0.717) is 0 Å². The maximum Gasteiger partial charge on any atom is 0.0954 e. The monoisotopic (exact) mass is 372 g/mol. The molecule has 1 nitrogen and oxygen atoms in total. The average Bonchev–Trinajstić information content (AvgIpc) is 2.61. The molecule has 0 bridgehead atoms. The van der Waals surface area contributed by atoms with Crippen LogP contribution in [0.15, 0.2) is 38.6 Å². The van der Waals surface area contributed by atoms with E-state index in [4.69, 9.17) is 0 Å². The number of fused-ring (bicyclic) bond motifs is 1. The van der Waals surface area contributed by atoms with Crippen LogP contribution in [0.2, 0.25) is 0 Å². The Morgan fingerprint density at radius 3 is 2.71 bits per heavy atom. The van der Waals surface area contributed by atoms with Gasteiger partial charge in [0.2, 0.25) is 0 Å².